The Morgan fingerprint density at radius 2 is 1.83 bits per heavy atom. The first-order valence-corrected chi connectivity index (χ1v) is 10.8. The summed E-state index contributed by atoms with van der Waals surface area (Å²) in [7, 11) is -2.14. The van der Waals surface area contributed by atoms with Crippen LogP contribution in [0.5, 0.6) is 17.2 Å². The summed E-state index contributed by atoms with van der Waals surface area (Å²) in [5.74, 6) is 1.52. The molecule has 2 aromatic rings. The minimum Gasteiger partial charge on any atom is -0.497 e. The highest BCUT2D eigenvalue weighted by Gasteiger charge is 2.31. The second kappa shape index (κ2) is 7.92. The van der Waals surface area contributed by atoms with Crippen molar-refractivity contribution in [3.63, 3.8) is 0 Å². The Balaban J connectivity index is 1.40. The van der Waals surface area contributed by atoms with Gasteiger partial charge in [-0.3, -0.25) is 4.79 Å². The smallest absolute Gasteiger partial charge is 0.240 e. The fraction of sp³-hybridized carbons (Fsp3) is 0.350. The standard InChI is InChI=1S/C20H22N2O6S/c1-26-16-4-2-15(3-5-16)22-13-14(10-20(22)23)12-21-29(24,25)17-6-7-18-19(11-17)28-9-8-27-18/h2-7,11,14,21H,8-10,12-13H2,1H3/t14-/m0/s1. The van der Waals surface area contributed by atoms with E-state index in [-0.39, 0.29) is 29.7 Å². The zero-order valence-electron chi connectivity index (χ0n) is 16.0. The average molecular weight is 418 g/mol. The Bertz CT molecular complexity index is 1010. The maximum absolute atomic E-state index is 12.7. The summed E-state index contributed by atoms with van der Waals surface area (Å²) in [6.45, 7) is 1.46. The van der Waals surface area contributed by atoms with Crippen molar-refractivity contribution in [2.45, 2.75) is 11.3 Å². The number of carbonyl (C=O) groups is 1. The third-order valence-electron chi connectivity index (χ3n) is 4.98. The molecule has 0 spiro atoms. The van der Waals surface area contributed by atoms with E-state index in [0.717, 1.165) is 5.69 Å². The molecule has 2 aliphatic rings. The maximum Gasteiger partial charge on any atom is 0.240 e. The first-order valence-electron chi connectivity index (χ1n) is 9.30. The Morgan fingerprint density at radius 3 is 2.55 bits per heavy atom. The van der Waals surface area contributed by atoms with Crippen molar-refractivity contribution in [2.24, 2.45) is 5.92 Å². The molecule has 0 aliphatic carbocycles. The van der Waals surface area contributed by atoms with Crippen LogP contribution in [0.4, 0.5) is 5.69 Å². The maximum atomic E-state index is 12.7. The van der Waals surface area contributed by atoms with E-state index in [2.05, 4.69) is 4.72 Å². The molecule has 1 saturated heterocycles. The molecule has 8 nitrogen and oxygen atoms in total. The number of hydrogen-bond donors (Lipinski definition) is 1. The summed E-state index contributed by atoms with van der Waals surface area (Å²) in [6.07, 6.45) is 0.287. The second-order valence-electron chi connectivity index (χ2n) is 6.93. The van der Waals surface area contributed by atoms with E-state index < -0.39 is 10.0 Å². The van der Waals surface area contributed by atoms with Crippen LogP contribution < -0.4 is 23.8 Å². The molecule has 9 heteroatoms. The number of nitrogens with one attached hydrogen (secondary N) is 1. The Morgan fingerprint density at radius 1 is 1.10 bits per heavy atom. The highest BCUT2D eigenvalue weighted by atomic mass is 32.2. The van der Waals surface area contributed by atoms with Gasteiger partial charge in [0.2, 0.25) is 15.9 Å². The first-order chi connectivity index (χ1) is 14.0. The van der Waals surface area contributed by atoms with Crippen LogP contribution in [-0.4, -0.2) is 47.7 Å². The fourth-order valence-corrected chi connectivity index (χ4v) is 4.56. The predicted octanol–water partition coefficient (Wildman–Crippen LogP) is 1.80. The topological polar surface area (TPSA) is 94.2 Å². The molecule has 1 atom stereocenters. The fourth-order valence-electron chi connectivity index (χ4n) is 3.43. The van der Waals surface area contributed by atoms with Crippen LogP contribution in [0.3, 0.4) is 0 Å². The summed E-state index contributed by atoms with van der Waals surface area (Å²) in [5, 5.41) is 0. The number of ether oxygens (including phenoxy) is 3. The number of anilines is 1. The largest absolute Gasteiger partial charge is 0.497 e. The minimum atomic E-state index is -3.72. The van der Waals surface area contributed by atoms with E-state index in [1.165, 1.54) is 12.1 Å². The molecule has 154 valence electrons. The number of benzene rings is 2. The van der Waals surface area contributed by atoms with Gasteiger partial charge in [-0.1, -0.05) is 0 Å². The summed E-state index contributed by atoms with van der Waals surface area (Å²) < 4.78 is 43.9. The molecule has 1 N–H and O–H groups in total. The first kappa shape index (κ1) is 19.5. The summed E-state index contributed by atoms with van der Waals surface area (Å²) in [6, 6.07) is 11.8. The highest BCUT2D eigenvalue weighted by Crippen LogP contribution is 2.32. The number of nitrogens with zero attached hydrogens (tertiary/aromatic N) is 1. The zero-order valence-corrected chi connectivity index (χ0v) is 16.8. The lowest BCUT2D eigenvalue weighted by molar-refractivity contribution is -0.117. The molecule has 0 bridgehead atoms. The molecular formula is C20H22N2O6S. The minimum absolute atomic E-state index is 0.0290. The second-order valence-corrected chi connectivity index (χ2v) is 8.70. The Kier molecular flexibility index (Phi) is 5.33. The molecule has 0 unspecified atom stereocenters. The number of carbonyl (C=O) groups excluding carboxylic acids is 1. The van der Waals surface area contributed by atoms with Crippen LogP contribution in [-0.2, 0) is 14.8 Å². The third kappa shape index (κ3) is 4.15. The van der Waals surface area contributed by atoms with Crippen molar-refractivity contribution in [2.75, 3.05) is 38.3 Å². The normalized spacial score (nSPS) is 18.7. The van der Waals surface area contributed by atoms with Gasteiger partial charge in [0.1, 0.15) is 19.0 Å². The lowest BCUT2D eigenvalue weighted by Gasteiger charge is -2.19. The molecule has 2 heterocycles. The number of rotatable bonds is 6. The Hall–Kier alpha value is -2.78. The van der Waals surface area contributed by atoms with E-state index >= 15 is 0 Å². The van der Waals surface area contributed by atoms with Crippen LogP contribution in [0.2, 0.25) is 0 Å². The van der Waals surface area contributed by atoms with Gasteiger partial charge in [-0.05, 0) is 42.3 Å². The molecule has 2 aromatic carbocycles. The van der Waals surface area contributed by atoms with E-state index in [1.54, 1.807) is 30.2 Å². The molecule has 0 saturated carbocycles. The van der Waals surface area contributed by atoms with E-state index in [1.807, 2.05) is 12.1 Å². The van der Waals surface area contributed by atoms with Crippen LogP contribution >= 0.6 is 0 Å². The van der Waals surface area contributed by atoms with E-state index in [4.69, 9.17) is 14.2 Å². The molecule has 4 rings (SSSR count). The number of amides is 1. The van der Waals surface area contributed by atoms with Crippen molar-refractivity contribution in [1.82, 2.24) is 4.72 Å². The Labute approximate surface area is 169 Å². The average Bonchev–Trinajstić information content (AvgIpc) is 3.12. The summed E-state index contributed by atoms with van der Waals surface area (Å²) in [5.41, 5.74) is 0.771. The van der Waals surface area contributed by atoms with Gasteiger partial charge in [0.15, 0.2) is 11.5 Å². The van der Waals surface area contributed by atoms with Crippen LogP contribution in [0.25, 0.3) is 0 Å². The summed E-state index contributed by atoms with van der Waals surface area (Å²) in [4.78, 5) is 14.2. The molecular weight excluding hydrogens is 396 g/mol. The predicted molar refractivity (Wildman–Crippen MR) is 106 cm³/mol. The van der Waals surface area contributed by atoms with Crippen molar-refractivity contribution in [3.8, 4) is 17.2 Å². The summed E-state index contributed by atoms with van der Waals surface area (Å²) >= 11 is 0. The molecule has 1 fully saturated rings. The van der Waals surface area contributed by atoms with Gasteiger partial charge in [-0.2, -0.15) is 0 Å². The van der Waals surface area contributed by atoms with Crippen LogP contribution in [0.1, 0.15) is 6.42 Å². The van der Waals surface area contributed by atoms with Crippen LogP contribution in [0, 0.1) is 5.92 Å². The van der Waals surface area contributed by atoms with Crippen molar-refractivity contribution >= 4 is 21.6 Å². The van der Waals surface area contributed by atoms with E-state index in [9.17, 15) is 13.2 Å². The highest BCUT2D eigenvalue weighted by molar-refractivity contribution is 7.89. The number of methoxy groups -OCH3 is 1. The number of fused-ring (bicyclic) bond motifs is 1. The van der Waals surface area contributed by atoms with Crippen LogP contribution in [0.15, 0.2) is 47.4 Å². The quantitative estimate of drug-likeness (QED) is 0.769. The third-order valence-corrected chi connectivity index (χ3v) is 6.40. The molecule has 0 aromatic heterocycles. The van der Waals surface area contributed by atoms with Crippen molar-refractivity contribution < 1.29 is 27.4 Å². The number of sulfonamides is 1. The van der Waals surface area contributed by atoms with E-state index in [0.29, 0.717) is 37.0 Å². The zero-order chi connectivity index (χ0) is 20.4. The SMILES string of the molecule is COc1ccc(N2C[C@H](CNS(=O)(=O)c3ccc4c(c3)OCCO4)CC2=O)cc1. The molecule has 29 heavy (non-hydrogen) atoms. The van der Waals surface area contributed by atoms with Gasteiger partial charge in [-0.25, -0.2) is 13.1 Å². The molecule has 1 amide bonds. The van der Waals surface area contributed by atoms with Gasteiger partial charge < -0.3 is 19.1 Å². The van der Waals surface area contributed by atoms with Gasteiger partial charge in [0.05, 0.1) is 12.0 Å². The van der Waals surface area contributed by atoms with Crippen molar-refractivity contribution in [1.29, 1.82) is 0 Å². The molecule has 0 radical (unpaired) electrons. The monoisotopic (exact) mass is 418 g/mol. The van der Waals surface area contributed by atoms with Gasteiger partial charge in [-0.15, -0.1) is 0 Å². The van der Waals surface area contributed by atoms with Gasteiger partial charge in [0, 0.05) is 31.3 Å². The van der Waals surface area contributed by atoms with Gasteiger partial charge >= 0.3 is 0 Å². The lowest BCUT2D eigenvalue weighted by Crippen LogP contribution is -2.31. The van der Waals surface area contributed by atoms with Gasteiger partial charge in [0.25, 0.3) is 0 Å². The molecule has 2 aliphatic heterocycles. The lowest BCUT2D eigenvalue weighted by atomic mass is 10.1. The number of hydrogen-bond acceptors (Lipinski definition) is 6. The van der Waals surface area contributed by atoms with Crippen molar-refractivity contribution in [3.05, 3.63) is 42.5 Å².